The lowest BCUT2D eigenvalue weighted by molar-refractivity contribution is -0.129. The Kier molecular flexibility index (Phi) is 1.74. The third kappa shape index (κ3) is 0.934. The van der Waals surface area contributed by atoms with Crippen molar-refractivity contribution in [3.05, 3.63) is 0 Å². The van der Waals surface area contributed by atoms with Crippen molar-refractivity contribution in [3.8, 4) is 0 Å². The van der Waals surface area contributed by atoms with Crippen LogP contribution < -0.4 is 0 Å². The molecule has 2 nitrogen and oxygen atoms in total. The Labute approximate surface area is 55.8 Å². The fourth-order valence-electron chi connectivity index (χ4n) is 1.43. The lowest BCUT2D eigenvalue weighted by atomic mass is 9.93. The summed E-state index contributed by atoms with van der Waals surface area (Å²) in [5.41, 5.74) is 0. The first-order chi connectivity index (χ1) is 4.29. The predicted octanol–water partition coefficient (Wildman–Crippen LogP) is 1.02. The van der Waals surface area contributed by atoms with Crippen LogP contribution in [-0.2, 0) is 4.79 Å². The van der Waals surface area contributed by atoms with E-state index in [0.29, 0.717) is 12.1 Å². The molecule has 0 aromatic carbocycles. The van der Waals surface area contributed by atoms with E-state index in [9.17, 15) is 4.79 Å². The van der Waals surface area contributed by atoms with Gasteiger partial charge in [-0.15, -0.1) is 0 Å². The normalized spacial score (nSPS) is 33.8. The molecule has 2 unspecified atom stereocenters. The molecule has 1 rings (SSSR count). The standard InChI is InChI=1S/C7H13NO/c1-3-7-4-6(2)8(7)5-9/h5-7H,3-4H2,1-2H3. The van der Waals surface area contributed by atoms with Gasteiger partial charge in [0, 0.05) is 12.1 Å². The molecular weight excluding hydrogens is 114 g/mol. The maximum absolute atomic E-state index is 10.3. The first-order valence-corrected chi connectivity index (χ1v) is 3.52. The van der Waals surface area contributed by atoms with Gasteiger partial charge in [0.05, 0.1) is 0 Å². The molecule has 1 aliphatic heterocycles. The second-order valence-corrected chi connectivity index (χ2v) is 2.70. The SMILES string of the molecule is CCC1CC(C)N1C=O. The highest BCUT2D eigenvalue weighted by Gasteiger charge is 2.31. The fraction of sp³-hybridized carbons (Fsp3) is 0.857. The minimum absolute atomic E-state index is 0.493. The highest BCUT2D eigenvalue weighted by molar-refractivity contribution is 5.50. The number of amides is 1. The Morgan fingerprint density at radius 3 is 2.67 bits per heavy atom. The molecule has 0 N–H and O–H groups in total. The van der Waals surface area contributed by atoms with E-state index in [1.54, 1.807) is 0 Å². The van der Waals surface area contributed by atoms with Gasteiger partial charge in [-0.1, -0.05) is 6.92 Å². The van der Waals surface area contributed by atoms with Crippen LogP contribution in [0.2, 0.25) is 0 Å². The molecule has 0 radical (unpaired) electrons. The molecule has 2 heteroatoms. The Hall–Kier alpha value is -0.530. The Morgan fingerprint density at radius 2 is 2.44 bits per heavy atom. The van der Waals surface area contributed by atoms with Crippen LogP contribution in [0.25, 0.3) is 0 Å². The first-order valence-electron chi connectivity index (χ1n) is 3.52. The van der Waals surface area contributed by atoms with Crippen molar-refractivity contribution in [3.63, 3.8) is 0 Å². The molecule has 9 heavy (non-hydrogen) atoms. The van der Waals surface area contributed by atoms with E-state index in [4.69, 9.17) is 0 Å². The molecule has 0 bridgehead atoms. The van der Waals surface area contributed by atoms with E-state index in [0.717, 1.165) is 12.8 Å². The molecule has 52 valence electrons. The number of carbonyl (C=O) groups is 1. The lowest BCUT2D eigenvalue weighted by Crippen LogP contribution is -2.52. The van der Waals surface area contributed by atoms with E-state index < -0.39 is 0 Å². The minimum Gasteiger partial charge on any atom is -0.339 e. The van der Waals surface area contributed by atoms with Crippen LogP contribution in [0.5, 0.6) is 0 Å². The number of carbonyl (C=O) groups excluding carboxylic acids is 1. The summed E-state index contributed by atoms with van der Waals surface area (Å²) < 4.78 is 0. The number of hydrogen-bond donors (Lipinski definition) is 0. The summed E-state index contributed by atoms with van der Waals surface area (Å²) in [6, 6.07) is 1.03. The van der Waals surface area contributed by atoms with Crippen LogP contribution in [0.4, 0.5) is 0 Å². The molecule has 1 amide bonds. The van der Waals surface area contributed by atoms with Crippen molar-refractivity contribution >= 4 is 6.41 Å². The summed E-state index contributed by atoms with van der Waals surface area (Å²) >= 11 is 0. The first kappa shape index (κ1) is 6.59. The molecular formula is C7H13NO. The van der Waals surface area contributed by atoms with Crippen molar-refractivity contribution < 1.29 is 4.79 Å². The smallest absolute Gasteiger partial charge is 0.210 e. The average molecular weight is 127 g/mol. The molecule has 1 aliphatic rings. The van der Waals surface area contributed by atoms with Crippen molar-refractivity contribution in [1.29, 1.82) is 0 Å². The van der Waals surface area contributed by atoms with Gasteiger partial charge < -0.3 is 4.90 Å². The molecule has 1 fully saturated rings. The number of hydrogen-bond acceptors (Lipinski definition) is 1. The number of rotatable bonds is 2. The van der Waals surface area contributed by atoms with Crippen molar-refractivity contribution in [2.24, 2.45) is 0 Å². The van der Waals surface area contributed by atoms with Gasteiger partial charge in [-0.3, -0.25) is 4.79 Å². The highest BCUT2D eigenvalue weighted by Crippen LogP contribution is 2.24. The van der Waals surface area contributed by atoms with Gasteiger partial charge >= 0.3 is 0 Å². The van der Waals surface area contributed by atoms with Gasteiger partial charge in [-0.25, -0.2) is 0 Å². The average Bonchev–Trinajstić information content (AvgIpc) is 1.83. The Morgan fingerprint density at radius 1 is 1.78 bits per heavy atom. The summed E-state index contributed by atoms with van der Waals surface area (Å²) in [5, 5.41) is 0. The third-order valence-corrected chi connectivity index (χ3v) is 2.14. The van der Waals surface area contributed by atoms with Crippen LogP contribution >= 0.6 is 0 Å². The predicted molar refractivity (Wildman–Crippen MR) is 36.1 cm³/mol. The summed E-state index contributed by atoms with van der Waals surface area (Å²) in [4.78, 5) is 12.2. The zero-order valence-electron chi connectivity index (χ0n) is 6.00. The Balaban J connectivity index is 2.37. The quantitative estimate of drug-likeness (QED) is 0.507. The van der Waals surface area contributed by atoms with E-state index >= 15 is 0 Å². The highest BCUT2D eigenvalue weighted by atomic mass is 16.1. The molecule has 2 atom stereocenters. The van der Waals surface area contributed by atoms with Crippen LogP contribution in [0.15, 0.2) is 0 Å². The molecule has 0 spiro atoms. The topological polar surface area (TPSA) is 20.3 Å². The van der Waals surface area contributed by atoms with Gasteiger partial charge in [0.15, 0.2) is 0 Å². The van der Waals surface area contributed by atoms with Crippen molar-refractivity contribution in [2.45, 2.75) is 38.8 Å². The van der Waals surface area contributed by atoms with Gasteiger partial charge in [0.2, 0.25) is 6.41 Å². The maximum Gasteiger partial charge on any atom is 0.210 e. The summed E-state index contributed by atoms with van der Waals surface area (Å²) in [7, 11) is 0. The summed E-state index contributed by atoms with van der Waals surface area (Å²) in [6.07, 6.45) is 3.25. The maximum atomic E-state index is 10.3. The third-order valence-electron chi connectivity index (χ3n) is 2.14. The van der Waals surface area contributed by atoms with Crippen LogP contribution in [0.1, 0.15) is 26.7 Å². The van der Waals surface area contributed by atoms with Crippen molar-refractivity contribution in [2.75, 3.05) is 0 Å². The molecule has 0 saturated carbocycles. The van der Waals surface area contributed by atoms with Crippen LogP contribution in [0.3, 0.4) is 0 Å². The molecule has 0 aromatic rings. The van der Waals surface area contributed by atoms with Gasteiger partial charge in [-0.2, -0.15) is 0 Å². The zero-order valence-corrected chi connectivity index (χ0v) is 6.00. The van der Waals surface area contributed by atoms with Gasteiger partial charge in [-0.05, 0) is 19.8 Å². The fourth-order valence-corrected chi connectivity index (χ4v) is 1.43. The van der Waals surface area contributed by atoms with E-state index in [-0.39, 0.29) is 0 Å². The van der Waals surface area contributed by atoms with E-state index in [2.05, 4.69) is 13.8 Å². The second-order valence-electron chi connectivity index (χ2n) is 2.70. The van der Waals surface area contributed by atoms with Crippen LogP contribution in [-0.4, -0.2) is 23.4 Å². The van der Waals surface area contributed by atoms with E-state index in [1.807, 2.05) is 4.90 Å². The molecule has 0 aliphatic carbocycles. The van der Waals surface area contributed by atoms with E-state index in [1.165, 1.54) is 6.42 Å². The van der Waals surface area contributed by atoms with Gasteiger partial charge in [0.1, 0.15) is 0 Å². The summed E-state index contributed by atoms with van der Waals surface area (Å²) in [5.74, 6) is 0. The largest absolute Gasteiger partial charge is 0.339 e. The lowest BCUT2D eigenvalue weighted by Gasteiger charge is -2.44. The molecule has 0 aromatic heterocycles. The monoisotopic (exact) mass is 127 g/mol. The number of likely N-dealkylation sites (tertiary alicyclic amines) is 1. The Bertz CT molecular complexity index is 113. The molecule has 1 heterocycles. The minimum atomic E-state index is 0.493. The molecule has 1 saturated heterocycles. The van der Waals surface area contributed by atoms with Gasteiger partial charge in [0.25, 0.3) is 0 Å². The van der Waals surface area contributed by atoms with Crippen molar-refractivity contribution in [1.82, 2.24) is 4.90 Å². The second kappa shape index (κ2) is 2.38. The van der Waals surface area contributed by atoms with Crippen LogP contribution in [0, 0.1) is 0 Å². The summed E-state index contributed by atoms with van der Waals surface area (Å²) in [6.45, 7) is 4.20. The number of nitrogens with zero attached hydrogens (tertiary/aromatic N) is 1. The zero-order chi connectivity index (χ0) is 6.85.